The molecule has 0 bridgehead atoms. The number of carboxylic acid groups (broad SMARTS) is 1. The maximum Gasteiger partial charge on any atom is 0.306 e. The highest BCUT2D eigenvalue weighted by atomic mass is 16.5. The molecule has 2 aromatic rings. The minimum atomic E-state index is -0.913. The monoisotopic (exact) mass is 288 g/mol. The van der Waals surface area contributed by atoms with Crippen LogP contribution in [0.5, 0.6) is 0 Å². The van der Waals surface area contributed by atoms with E-state index in [0.29, 0.717) is 25.3 Å². The van der Waals surface area contributed by atoms with E-state index in [2.05, 4.69) is 0 Å². The average molecular weight is 288 g/mol. The topological polar surface area (TPSA) is 71.2 Å². The predicted molar refractivity (Wildman–Crippen MR) is 75.3 cm³/mol. The zero-order valence-corrected chi connectivity index (χ0v) is 11.4. The Bertz CT molecular complexity index is 646. The summed E-state index contributed by atoms with van der Waals surface area (Å²) < 4.78 is 7.28. The van der Waals surface area contributed by atoms with Gasteiger partial charge in [0.1, 0.15) is 0 Å². The lowest BCUT2D eigenvalue weighted by Crippen LogP contribution is -2.46. The third-order valence-electron chi connectivity index (χ3n) is 3.58. The van der Waals surface area contributed by atoms with Crippen molar-refractivity contribution >= 4 is 17.4 Å². The number of carboxylic acids is 1. The molecule has 0 spiro atoms. The van der Waals surface area contributed by atoms with Crippen LogP contribution < -0.4 is 0 Å². The van der Waals surface area contributed by atoms with Gasteiger partial charge in [0.05, 0.1) is 24.7 Å². The van der Waals surface area contributed by atoms with Crippen molar-refractivity contribution in [1.82, 2.24) is 9.30 Å². The predicted octanol–water partition coefficient (Wildman–Crippen LogP) is 1.26. The fourth-order valence-corrected chi connectivity index (χ4v) is 2.58. The molecule has 1 atom stereocenters. The first kappa shape index (κ1) is 13.6. The Morgan fingerprint density at radius 1 is 1.38 bits per heavy atom. The van der Waals surface area contributed by atoms with E-state index in [0.717, 1.165) is 5.52 Å². The molecule has 110 valence electrons. The Kier molecular flexibility index (Phi) is 3.62. The number of carbonyl (C=O) groups is 2. The van der Waals surface area contributed by atoms with E-state index in [1.165, 1.54) is 0 Å². The molecule has 0 saturated carbocycles. The van der Waals surface area contributed by atoms with E-state index in [4.69, 9.17) is 9.84 Å². The number of aliphatic carboxylic acids is 1. The molecule has 3 rings (SSSR count). The van der Waals surface area contributed by atoms with Crippen molar-refractivity contribution in [2.45, 2.75) is 12.5 Å². The summed E-state index contributed by atoms with van der Waals surface area (Å²) >= 11 is 0. The van der Waals surface area contributed by atoms with Gasteiger partial charge in [-0.2, -0.15) is 0 Å². The molecule has 6 heteroatoms. The summed E-state index contributed by atoms with van der Waals surface area (Å²) in [6.45, 7) is 1.18. The number of hydrogen-bond acceptors (Lipinski definition) is 3. The number of rotatable bonds is 3. The molecular formula is C15H16N2O4. The molecule has 0 aliphatic carbocycles. The number of ether oxygens (including phenoxy) is 1. The van der Waals surface area contributed by atoms with Gasteiger partial charge in [-0.15, -0.1) is 0 Å². The summed E-state index contributed by atoms with van der Waals surface area (Å²) in [6.07, 6.45) is 3.16. The number of aromatic nitrogens is 1. The Morgan fingerprint density at radius 2 is 2.24 bits per heavy atom. The van der Waals surface area contributed by atoms with Crippen LogP contribution in [-0.2, 0) is 9.53 Å². The minimum Gasteiger partial charge on any atom is -0.481 e. The molecule has 21 heavy (non-hydrogen) atoms. The largest absolute Gasteiger partial charge is 0.481 e. The number of nitrogens with zero attached hydrogens (tertiary/aromatic N) is 2. The van der Waals surface area contributed by atoms with Crippen LogP contribution in [0.2, 0.25) is 0 Å². The second-order valence-corrected chi connectivity index (χ2v) is 5.10. The molecular weight excluding hydrogens is 272 g/mol. The molecule has 0 unspecified atom stereocenters. The van der Waals surface area contributed by atoms with Gasteiger partial charge in [0.15, 0.2) is 0 Å². The van der Waals surface area contributed by atoms with Crippen LogP contribution in [0.1, 0.15) is 16.8 Å². The fourth-order valence-electron chi connectivity index (χ4n) is 2.58. The highest BCUT2D eigenvalue weighted by Crippen LogP contribution is 2.15. The highest BCUT2D eigenvalue weighted by Gasteiger charge is 2.27. The second kappa shape index (κ2) is 5.57. The average Bonchev–Trinajstić information content (AvgIpc) is 2.90. The smallest absolute Gasteiger partial charge is 0.306 e. The Hall–Kier alpha value is -2.34. The summed E-state index contributed by atoms with van der Waals surface area (Å²) in [6, 6.07) is 7.59. The lowest BCUT2D eigenvalue weighted by Gasteiger charge is -2.32. The van der Waals surface area contributed by atoms with Crippen LogP contribution in [0, 0.1) is 0 Å². The van der Waals surface area contributed by atoms with Crippen molar-refractivity contribution in [2.75, 3.05) is 19.7 Å². The van der Waals surface area contributed by atoms with Crippen molar-refractivity contribution in [3.05, 3.63) is 42.2 Å². The van der Waals surface area contributed by atoms with Gasteiger partial charge >= 0.3 is 5.97 Å². The van der Waals surface area contributed by atoms with Crippen molar-refractivity contribution in [2.24, 2.45) is 0 Å². The molecule has 2 aromatic heterocycles. The minimum absolute atomic E-state index is 0.0818. The maximum absolute atomic E-state index is 12.5. The zero-order valence-electron chi connectivity index (χ0n) is 11.4. The van der Waals surface area contributed by atoms with Gasteiger partial charge in [-0.25, -0.2) is 0 Å². The third kappa shape index (κ3) is 2.90. The lowest BCUT2D eigenvalue weighted by molar-refractivity contribution is -0.141. The summed E-state index contributed by atoms with van der Waals surface area (Å²) in [5.41, 5.74) is 1.56. The Labute approximate surface area is 121 Å². The number of fused-ring (bicyclic) bond motifs is 1. The standard InChI is InChI=1S/C15H16N2O4/c18-14(19)8-13-10-17(5-6-21-13)15(20)11-7-12-3-1-2-4-16(12)9-11/h1-4,7,9,13H,5-6,8,10H2,(H,18,19)/t13-/m0/s1. The summed E-state index contributed by atoms with van der Waals surface area (Å²) in [7, 11) is 0. The van der Waals surface area contributed by atoms with E-state index in [-0.39, 0.29) is 12.3 Å². The molecule has 0 radical (unpaired) electrons. The third-order valence-corrected chi connectivity index (χ3v) is 3.58. The SMILES string of the molecule is O=C(O)C[C@H]1CN(C(=O)c2cc3ccccn3c2)CCO1. The molecule has 1 amide bonds. The van der Waals surface area contributed by atoms with Crippen LogP contribution in [0.15, 0.2) is 36.7 Å². The first-order chi connectivity index (χ1) is 10.1. The van der Waals surface area contributed by atoms with Crippen molar-refractivity contribution < 1.29 is 19.4 Å². The summed E-state index contributed by atoms with van der Waals surface area (Å²) in [5.74, 6) is -0.999. The molecule has 1 aliphatic rings. The van der Waals surface area contributed by atoms with Crippen LogP contribution in [0.3, 0.4) is 0 Å². The molecule has 1 N–H and O–H groups in total. The number of hydrogen-bond donors (Lipinski definition) is 1. The van der Waals surface area contributed by atoms with Crippen molar-refractivity contribution in [3.63, 3.8) is 0 Å². The van der Waals surface area contributed by atoms with E-state index < -0.39 is 12.1 Å². The van der Waals surface area contributed by atoms with Gasteiger partial charge < -0.3 is 19.1 Å². The normalized spacial score (nSPS) is 18.9. The number of pyridine rings is 1. The summed E-state index contributed by atoms with van der Waals surface area (Å²) in [5, 5.41) is 8.82. The molecule has 1 aliphatic heterocycles. The van der Waals surface area contributed by atoms with Crippen molar-refractivity contribution in [1.29, 1.82) is 0 Å². The second-order valence-electron chi connectivity index (χ2n) is 5.10. The van der Waals surface area contributed by atoms with Gasteiger partial charge in [0.25, 0.3) is 5.91 Å². The first-order valence-corrected chi connectivity index (χ1v) is 6.83. The van der Waals surface area contributed by atoms with Crippen LogP contribution in [0.25, 0.3) is 5.52 Å². The fraction of sp³-hybridized carbons (Fsp3) is 0.333. The summed E-state index contributed by atoms with van der Waals surface area (Å²) in [4.78, 5) is 24.9. The van der Waals surface area contributed by atoms with E-state index >= 15 is 0 Å². The van der Waals surface area contributed by atoms with E-state index in [1.807, 2.05) is 34.9 Å². The highest BCUT2D eigenvalue weighted by molar-refractivity contribution is 5.95. The van der Waals surface area contributed by atoms with Crippen molar-refractivity contribution in [3.8, 4) is 0 Å². The quantitative estimate of drug-likeness (QED) is 0.923. The number of carbonyl (C=O) groups excluding carboxylic acids is 1. The molecule has 1 fully saturated rings. The van der Waals surface area contributed by atoms with Gasteiger partial charge in [-0.1, -0.05) is 6.07 Å². The van der Waals surface area contributed by atoms with Gasteiger partial charge in [-0.3, -0.25) is 9.59 Å². The molecule has 6 nitrogen and oxygen atoms in total. The van der Waals surface area contributed by atoms with E-state index in [9.17, 15) is 9.59 Å². The molecule has 0 aromatic carbocycles. The Morgan fingerprint density at radius 3 is 3.00 bits per heavy atom. The van der Waals surface area contributed by atoms with Crippen LogP contribution >= 0.6 is 0 Å². The molecule has 1 saturated heterocycles. The van der Waals surface area contributed by atoms with Gasteiger partial charge in [0.2, 0.25) is 0 Å². The lowest BCUT2D eigenvalue weighted by atomic mass is 10.2. The number of amides is 1. The van der Waals surface area contributed by atoms with E-state index in [1.54, 1.807) is 11.1 Å². The number of morpholine rings is 1. The molecule has 3 heterocycles. The van der Waals surface area contributed by atoms with Gasteiger partial charge in [0, 0.05) is 31.0 Å². The Balaban J connectivity index is 1.76. The van der Waals surface area contributed by atoms with Crippen LogP contribution in [0.4, 0.5) is 0 Å². The zero-order chi connectivity index (χ0) is 14.8. The first-order valence-electron chi connectivity index (χ1n) is 6.83. The van der Waals surface area contributed by atoms with Crippen LogP contribution in [-0.4, -0.2) is 52.1 Å². The van der Waals surface area contributed by atoms with Gasteiger partial charge in [-0.05, 0) is 18.2 Å². The maximum atomic E-state index is 12.5.